The highest BCUT2D eigenvalue weighted by molar-refractivity contribution is 5.49. The molecule has 0 spiro atoms. The van der Waals surface area contributed by atoms with Crippen molar-refractivity contribution in [3.63, 3.8) is 0 Å². The van der Waals surface area contributed by atoms with E-state index in [1.165, 1.54) is 18.5 Å². The number of hydrogen-bond acceptors (Lipinski definition) is 4. The second kappa shape index (κ2) is 6.57. The topological polar surface area (TPSA) is 35.9 Å². The predicted molar refractivity (Wildman–Crippen MR) is 80.0 cm³/mol. The largest absolute Gasteiger partial charge is 0.392 e. The molecule has 0 amide bonds. The smallest absolute Gasteiger partial charge is 0.0682 e. The number of aliphatic hydroxyl groups excluding tert-OH is 1. The summed E-state index contributed by atoms with van der Waals surface area (Å²) in [7, 11) is 0. The molecule has 2 saturated heterocycles. The highest BCUT2D eigenvalue weighted by atomic mass is 16.5. The molecule has 4 heteroatoms. The number of rotatable bonds is 3. The molecule has 0 saturated carbocycles. The highest BCUT2D eigenvalue weighted by Gasteiger charge is 2.25. The molecular formula is C16H24N2O2. The Bertz CT molecular complexity index is 424. The average molecular weight is 276 g/mol. The fourth-order valence-corrected chi connectivity index (χ4v) is 3.25. The van der Waals surface area contributed by atoms with Gasteiger partial charge in [-0.15, -0.1) is 0 Å². The molecule has 0 unspecified atom stereocenters. The van der Waals surface area contributed by atoms with Crippen LogP contribution in [0.15, 0.2) is 24.3 Å². The SMILES string of the molecule is OCc1cccc(N2CCN(C3CCOCC3)CC2)c1. The number of ether oxygens (including phenoxy) is 1. The van der Waals surface area contributed by atoms with Gasteiger partial charge < -0.3 is 14.7 Å². The first-order chi connectivity index (χ1) is 9.86. The quantitative estimate of drug-likeness (QED) is 0.907. The summed E-state index contributed by atoms with van der Waals surface area (Å²) in [5, 5.41) is 9.23. The first-order valence-corrected chi connectivity index (χ1v) is 7.63. The molecule has 0 bridgehead atoms. The Hall–Kier alpha value is -1.10. The number of aliphatic hydroxyl groups is 1. The summed E-state index contributed by atoms with van der Waals surface area (Å²) in [6, 6.07) is 8.97. The summed E-state index contributed by atoms with van der Waals surface area (Å²) < 4.78 is 5.45. The molecule has 2 aliphatic heterocycles. The van der Waals surface area contributed by atoms with Gasteiger partial charge in [0, 0.05) is 51.1 Å². The van der Waals surface area contributed by atoms with Gasteiger partial charge in [-0.05, 0) is 30.5 Å². The van der Waals surface area contributed by atoms with E-state index in [4.69, 9.17) is 4.74 Å². The van der Waals surface area contributed by atoms with Crippen LogP contribution in [0, 0.1) is 0 Å². The molecule has 1 aromatic carbocycles. The van der Waals surface area contributed by atoms with Crippen molar-refractivity contribution in [1.29, 1.82) is 0 Å². The number of piperazine rings is 1. The Morgan fingerprint density at radius 1 is 1.10 bits per heavy atom. The van der Waals surface area contributed by atoms with Gasteiger partial charge in [-0.3, -0.25) is 4.90 Å². The molecule has 4 nitrogen and oxygen atoms in total. The fraction of sp³-hybridized carbons (Fsp3) is 0.625. The monoisotopic (exact) mass is 276 g/mol. The lowest BCUT2D eigenvalue weighted by atomic mass is 10.1. The summed E-state index contributed by atoms with van der Waals surface area (Å²) in [6.45, 7) is 6.38. The van der Waals surface area contributed by atoms with E-state index in [2.05, 4.69) is 21.9 Å². The third-order valence-corrected chi connectivity index (χ3v) is 4.48. The second-order valence-electron chi connectivity index (χ2n) is 5.69. The maximum absolute atomic E-state index is 9.23. The van der Waals surface area contributed by atoms with Crippen LogP contribution in [0.5, 0.6) is 0 Å². The van der Waals surface area contributed by atoms with Crippen molar-refractivity contribution in [2.24, 2.45) is 0 Å². The number of hydrogen-bond donors (Lipinski definition) is 1. The van der Waals surface area contributed by atoms with Gasteiger partial charge in [0.25, 0.3) is 0 Å². The van der Waals surface area contributed by atoms with E-state index in [1.54, 1.807) is 0 Å². The minimum absolute atomic E-state index is 0.121. The normalized spacial score (nSPS) is 22.1. The van der Waals surface area contributed by atoms with Crippen LogP contribution in [0.25, 0.3) is 0 Å². The van der Waals surface area contributed by atoms with Gasteiger partial charge >= 0.3 is 0 Å². The number of nitrogens with zero attached hydrogens (tertiary/aromatic N) is 2. The van der Waals surface area contributed by atoms with Gasteiger partial charge in [0.05, 0.1) is 6.61 Å². The zero-order valence-electron chi connectivity index (χ0n) is 12.0. The fourth-order valence-electron chi connectivity index (χ4n) is 3.25. The van der Waals surface area contributed by atoms with Gasteiger partial charge in [0.1, 0.15) is 0 Å². The summed E-state index contributed by atoms with van der Waals surface area (Å²) in [4.78, 5) is 5.05. The molecule has 0 radical (unpaired) electrons. The van der Waals surface area contributed by atoms with Crippen molar-refractivity contribution in [3.05, 3.63) is 29.8 Å². The first kappa shape index (κ1) is 13.9. The van der Waals surface area contributed by atoms with Crippen molar-refractivity contribution >= 4 is 5.69 Å². The van der Waals surface area contributed by atoms with Crippen molar-refractivity contribution in [3.8, 4) is 0 Å². The Balaban J connectivity index is 1.57. The summed E-state index contributed by atoms with van der Waals surface area (Å²) in [5.41, 5.74) is 2.23. The van der Waals surface area contributed by atoms with Crippen LogP contribution in [-0.4, -0.2) is 55.4 Å². The van der Waals surface area contributed by atoms with Gasteiger partial charge in [-0.2, -0.15) is 0 Å². The van der Waals surface area contributed by atoms with Crippen molar-refractivity contribution in [1.82, 2.24) is 4.90 Å². The molecule has 2 fully saturated rings. The van der Waals surface area contributed by atoms with Crippen LogP contribution >= 0.6 is 0 Å². The van der Waals surface area contributed by atoms with E-state index >= 15 is 0 Å². The molecule has 2 heterocycles. The van der Waals surface area contributed by atoms with Crippen LogP contribution in [0.4, 0.5) is 5.69 Å². The van der Waals surface area contributed by atoms with E-state index in [0.717, 1.165) is 51.0 Å². The zero-order chi connectivity index (χ0) is 13.8. The molecule has 20 heavy (non-hydrogen) atoms. The van der Waals surface area contributed by atoms with E-state index in [0.29, 0.717) is 0 Å². The Morgan fingerprint density at radius 3 is 2.55 bits per heavy atom. The van der Waals surface area contributed by atoms with Crippen LogP contribution in [-0.2, 0) is 11.3 Å². The van der Waals surface area contributed by atoms with Crippen LogP contribution in [0.3, 0.4) is 0 Å². The lowest BCUT2D eigenvalue weighted by Gasteiger charge is -2.41. The van der Waals surface area contributed by atoms with Crippen LogP contribution in [0.2, 0.25) is 0 Å². The Labute approximate surface area is 120 Å². The maximum Gasteiger partial charge on any atom is 0.0682 e. The number of benzene rings is 1. The number of anilines is 1. The van der Waals surface area contributed by atoms with Gasteiger partial charge in [0.15, 0.2) is 0 Å². The Morgan fingerprint density at radius 2 is 1.85 bits per heavy atom. The second-order valence-corrected chi connectivity index (χ2v) is 5.69. The molecular weight excluding hydrogens is 252 g/mol. The highest BCUT2D eigenvalue weighted by Crippen LogP contribution is 2.21. The van der Waals surface area contributed by atoms with E-state index < -0.39 is 0 Å². The van der Waals surface area contributed by atoms with Crippen LogP contribution in [0.1, 0.15) is 18.4 Å². The van der Waals surface area contributed by atoms with Gasteiger partial charge in [-0.1, -0.05) is 12.1 Å². The molecule has 0 atom stereocenters. The molecule has 0 aromatic heterocycles. The standard InChI is InChI=1S/C16H24N2O2/c19-13-14-2-1-3-16(12-14)18-8-6-17(7-9-18)15-4-10-20-11-5-15/h1-3,12,15,19H,4-11,13H2. The summed E-state index contributed by atoms with van der Waals surface area (Å²) in [6.07, 6.45) is 2.36. The average Bonchev–Trinajstić information content (AvgIpc) is 2.56. The Kier molecular flexibility index (Phi) is 4.55. The first-order valence-electron chi connectivity index (χ1n) is 7.63. The van der Waals surface area contributed by atoms with Gasteiger partial charge in [-0.25, -0.2) is 0 Å². The van der Waals surface area contributed by atoms with Crippen LogP contribution < -0.4 is 4.90 Å². The minimum Gasteiger partial charge on any atom is -0.392 e. The van der Waals surface area contributed by atoms with E-state index in [9.17, 15) is 5.11 Å². The van der Waals surface area contributed by atoms with Gasteiger partial charge in [0.2, 0.25) is 0 Å². The summed E-state index contributed by atoms with van der Waals surface area (Å²) in [5.74, 6) is 0. The summed E-state index contributed by atoms with van der Waals surface area (Å²) >= 11 is 0. The molecule has 1 aromatic rings. The molecule has 2 aliphatic rings. The van der Waals surface area contributed by atoms with Crippen molar-refractivity contribution in [2.75, 3.05) is 44.3 Å². The maximum atomic E-state index is 9.23. The van der Waals surface area contributed by atoms with Crippen molar-refractivity contribution in [2.45, 2.75) is 25.5 Å². The molecule has 110 valence electrons. The molecule has 0 aliphatic carbocycles. The zero-order valence-corrected chi connectivity index (χ0v) is 12.0. The van der Waals surface area contributed by atoms with Crippen molar-refractivity contribution < 1.29 is 9.84 Å². The van der Waals surface area contributed by atoms with E-state index in [-0.39, 0.29) is 6.61 Å². The molecule has 3 rings (SSSR count). The third-order valence-electron chi connectivity index (χ3n) is 4.48. The lowest BCUT2D eigenvalue weighted by molar-refractivity contribution is 0.0321. The van der Waals surface area contributed by atoms with E-state index in [1.807, 2.05) is 12.1 Å². The lowest BCUT2D eigenvalue weighted by Crippen LogP contribution is -2.51. The third kappa shape index (κ3) is 3.14. The predicted octanol–water partition coefficient (Wildman–Crippen LogP) is 1.48. The minimum atomic E-state index is 0.121. The molecule has 1 N–H and O–H groups in total.